The topological polar surface area (TPSA) is 56.1 Å². The molecule has 0 radical (unpaired) electrons. The Kier molecular flexibility index (Phi) is 5.69. The summed E-state index contributed by atoms with van der Waals surface area (Å²) in [5.41, 5.74) is 3.04. The van der Waals surface area contributed by atoms with Crippen molar-refractivity contribution in [3.05, 3.63) is 78.4 Å². The minimum atomic E-state index is -0.0753. The Bertz CT molecular complexity index is 842. The number of nitrogens with zero attached hydrogens (tertiary/aromatic N) is 2. The zero-order valence-corrected chi connectivity index (χ0v) is 15.1. The number of nitrogens with one attached hydrogen (secondary N) is 1. The van der Waals surface area contributed by atoms with Crippen molar-refractivity contribution in [2.75, 3.05) is 6.61 Å². The average Bonchev–Trinajstić information content (AvgIpc) is 3.18. The second-order valence-electron chi connectivity index (χ2n) is 6.11. The number of rotatable bonds is 7. The molecule has 1 atom stereocenters. The molecule has 3 aromatic rings. The van der Waals surface area contributed by atoms with Crippen LogP contribution in [0.25, 0.3) is 5.69 Å². The normalized spacial score (nSPS) is 11.8. The van der Waals surface area contributed by atoms with Crippen molar-refractivity contribution in [2.24, 2.45) is 0 Å². The largest absolute Gasteiger partial charge is 0.494 e. The molecule has 0 saturated carbocycles. The molecule has 1 heterocycles. The van der Waals surface area contributed by atoms with Gasteiger partial charge in [-0.15, -0.1) is 0 Å². The van der Waals surface area contributed by atoms with Crippen LogP contribution in [-0.4, -0.2) is 22.1 Å². The van der Waals surface area contributed by atoms with Gasteiger partial charge in [0.05, 0.1) is 25.4 Å². The second kappa shape index (κ2) is 8.34. The van der Waals surface area contributed by atoms with Crippen molar-refractivity contribution in [1.29, 1.82) is 0 Å². The third-order valence-electron chi connectivity index (χ3n) is 4.15. The van der Waals surface area contributed by atoms with Crippen LogP contribution in [0.15, 0.2) is 67.3 Å². The first-order valence-corrected chi connectivity index (χ1v) is 8.75. The number of benzene rings is 2. The molecule has 3 rings (SSSR count). The van der Waals surface area contributed by atoms with Gasteiger partial charge < -0.3 is 14.6 Å². The molecule has 1 N–H and O–H groups in total. The number of carbonyl (C=O) groups excluding carboxylic acids is 1. The second-order valence-corrected chi connectivity index (χ2v) is 6.11. The summed E-state index contributed by atoms with van der Waals surface area (Å²) in [6, 6.07) is 15.6. The zero-order chi connectivity index (χ0) is 18.4. The van der Waals surface area contributed by atoms with Gasteiger partial charge in [0.2, 0.25) is 5.91 Å². The highest BCUT2D eigenvalue weighted by molar-refractivity contribution is 5.79. The fourth-order valence-electron chi connectivity index (χ4n) is 2.80. The van der Waals surface area contributed by atoms with Gasteiger partial charge in [-0.05, 0) is 49.2 Å². The molecule has 0 saturated heterocycles. The third kappa shape index (κ3) is 4.51. The van der Waals surface area contributed by atoms with Gasteiger partial charge in [-0.2, -0.15) is 0 Å². The molecule has 5 heteroatoms. The van der Waals surface area contributed by atoms with E-state index in [0.29, 0.717) is 13.0 Å². The van der Waals surface area contributed by atoms with Gasteiger partial charge in [-0.3, -0.25) is 4.79 Å². The SMILES string of the molecule is CCOc1ccc(CC(=O)NC(C)c2cccc(-n3ccnc3)c2)cc1. The fourth-order valence-corrected chi connectivity index (χ4v) is 2.80. The summed E-state index contributed by atoms with van der Waals surface area (Å²) >= 11 is 0. The third-order valence-corrected chi connectivity index (χ3v) is 4.15. The molecule has 5 nitrogen and oxygen atoms in total. The first-order valence-electron chi connectivity index (χ1n) is 8.75. The highest BCUT2D eigenvalue weighted by Crippen LogP contribution is 2.17. The minimum absolute atomic E-state index is 0.00491. The quantitative estimate of drug-likeness (QED) is 0.708. The van der Waals surface area contributed by atoms with E-state index in [9.17, 15) is 4.79 Å². The van der Waals surface area contributed by atoms with E-state index in [4.69, 9.17) is 4.74 Å². The number of carbonyl (C=O) groups is 1. The van der Waals surface area contributed by atoms with Gasteiger partial charge in [-0.25, -0.2) is 4.98 Å². The van der Waals surface area contributed by atoms with Crippen LogP contribution in [-0.2, 0) is 11.2 Å². The molecule has 134 valence electrons. The number of imidazole rings is 1. The molecule has 0 aliphatic carbocycles. The highest BCUT2D eigenvalue weighted by atomic mass is 16.5. The maximum absolute atomic E-state index is 12.4. The standard InChI is InChI=1S/C21H23N3O2/c1-3-26-20-9-7-17(8-10-20)13-21(25)23-16(2)18-5-4-6-19(14-18)24-12-11-22-15-24/h4-12,14-16H,3,13H2,1-2H3,(H,23,25). The Morgan fingerprint density at radius 1 is 1.23 bits per heavy atom. The van der Waals surface area contributed by atoms with Gasteiger partial charge in [0.25, 0.3) is 0 Å². The summed E-state index contributed by atoms with van der Waals surface area (Å²) in [6.45, 7) is 4.57. The van der Waals surface area contributed by atoms with E-state index < -0.39 is 0 Å². The number of amides is 1. The highest BCUT2D eigenvalue weighted by Gasteiger charge is 2.11. The molecule has 1 amide bonds. The molecule has 26 heavy (non-hydrogen) atoms. The van der Waals surface area contributed by atoms with Crippen molar-refractivity contribution in [3.8, 4) is 11.4 Å². The van der Waals surface area contributed by atoms with Crippen LogP contribution in [0.1, 0.15) is 31.0 Å². The van der Waals surface area contributed by atoms with Crippen LogP contribution >= 0.6 is 0 Å². The van der Waals surface area contributed by atoms with Crippen molar-refractivity contribution in [3.63, 3.8) is 0 Å². The molecule has 0 aliphatic heterocycles. The molecule has 0 fully saturated rings. The van der Waals surface area contributed by atoms with Crippen LogP contribution in [0, 0.1) is 0 Å². The average molecular weight is 349 g/mol. The van der Waals surface area contributed by atoms with E-state index in [1.165, 1.54) is 0 Å². The van der Waals surface area contributed by atoms with Crippen LogP contribution in [0.2, 0.25) is 0 Å². The van der Waals surface area contributed by atoms with E-state index >= 15 is 0 Å². The van der Waals surface area contributed by atoms with Gasteiger partial charge in [-0.1, -0.05) is 24.3 Å². The van der Waals surface area contributed by atoms with Crippen LogP contribution in [0.4, 0.5) is 0 Å². The molecule has 2 aromatic carbocycles. The first kappa shape index (κ1) is 17.7. The summed E-state index contributed by atoms with van der Waals surface area (Å²) < 4.78 is 7.37. The van der Waals surface area contributed by atoms with Crippen LogP contribution in [0.3, 0.4) is 0 Å². The number of hydrogen-bond acceptors (Lipinski definition) is 3. The molecule has 0 aliphatic rings. The number of hydrogen-bond donors (Lipinski definition) is 1. The van der Waals surface area contributed by atoms with Gasteiger partial charge in [0.1, 0.15) is 5.75 Å². The fraction of sp³-hybridized carbons (Fsp3) is 0.238. The van der Waals surface area contributed by atoms with E-state index in [1.807, 2.05) is 67.1 Å². The zero-order valence-electron chi connectivity index (χ0n) is 15.1. The Labute approximate surface area is 153 Å². The Balaban J connectivity index is 1.61. The molecule has 0 spiro atoms. The number of aromatic nitrogens is 2. The van der Waals surface area contributed by atoms with Crippen molar-refractivity contribution in [2.45, 2.75) is 26.3 Å². The number of ether oxygens (including phenoxy) is 1. The Morgan fingerprint density at radius 3 is 2.73 bits per heavy atom. The smallest absolute Gasteiger partial charge is 0.224 e. The minimum Gasteiger partial charge on any atom is -0.494 e. The lowest BCUT2D eigenvalue weighted by molar-refractivity contribution is -0.121. The molecular weight excluding hydrogens is 326 g/mol. The van der Waals surface area contributed by atoms with E-state index in [2.05, 4.69) is 16.4 Å². The van der Waals surface area contributed by atoms with E-state index in [-0.39, 0.29) is 11.9 Å². The molecule has 1 aromatic heterocycles. The molecular formula is C21H23N3O2. The molecule has 1 unspecified atom stereocenters. The lowest BCUT2D eigenvalue weighted by atomic mass is 10.1. The predicted molar refractivity (Wildman–Crippen MR) is 101 cm³/mol. The van der Waals surface area contributed by atoms with Gasteiger partial charge >= 0.3 is 0 Å². The lowest BCUT2D eigenvalue weighted by Gasteiger charge is -2.16. The monoisotopic (exact) mass is 349 g/mol. The van der Waals surface area contributed by atoms with Crippen LogP contribution in [0.5, 0.6) is 5.75 Å². The maximum atomic E-state index is 12.4. The van der Waals surface area contributed by atoms with E-state index in [1.54, 1.807) is 12.5 Å². The predicted octanol–water partition coefficient (Wildman–Crippen LogP) is 3.69. The maximum Gasteiger partial charge on any atom is 0.224 e. The first-order chi connectivity index (χ1) is 12.7. The summed E-state index contributed by atoms with van der Waals surface area (Å²) in [5, 5.41) is 3.06. The van der Waals surface area contributed by atoms with Crippen molar-refractivity contribution < 1.29 is 9.53 Å². The van der Waals surface area contributed by atoms with E-state index in [0.717, 1.165) is 22.6 Å². The summed E-state index contributed by atoms with van der Waals surface area (Å²) in [6.07, 6.45) is 5.75. The Hall–Kier alpha value is -3.08. The summed E-state index contributed by atoms with van der Waals surface area (Å²) in [4.78, 5) is 16.4. The van der Waals surface area contributed by atoms with Gasteiger partial charge in [0.15, 0.2) is 0 Å². The van der Waals surface area contributed by atoms with Crippen molar-refractivity contribution >= 4 is 5.91 Å². The lowest BCUT2D eigenvalue weighted by Crippen LogP contribution is -2.28. The van der Waals surface area contributed by atoms with Gasteiger partial charge in [0, 0.05) is 18.1 Å². The van der Waals surface area contributed by atoms with Crippen LogP contribution < -0.4 is 10.1 Å². The van der Waals surface area contributed by atoms with Crippen molar-refractivity contribution in [1.82, 2.24) is 14.9 Å². The Morgan fingerprint density at radius 2 is 2.04 bits per heavy atom. The summed E-state index contributed by atoms with van der Waals surface area (Å²) in [7, 11) is 0. The summed E-state index contributed by atoms with van der Waals surface area (Å²) in [5.74, 6) is 0.816. The molecule has 0 bridgehead atoms.